The van der Waals surface area contributed by atoms with Gasteiger partial charge in [-0.3, -0.25) is 19.8 Å². The molecule has 8 heteroatoms. The lowest BCUT2D eigenvalue weighted by molar-refractivity contribution is -0.128. The van der Waals surface area contributed by atoms with Crippen molar-refractivity contribution in [1.82, 2.24) is 10.2 Å². The van der Waals surface area contributed by atoms with Crippen LogP contribution in [0.3, 0.4) is 0 Å². The van der Waals surface area contributed by atoms with Gasteiger partial charge >= 0.3 is 0 Å². The average Bonchev–Trinajstić information content (AvgIpc) is 2.64. The predicted octanol–water partition coefficient (Wildman–Crippen LogP) is 4.05. The van der Waals surface area contributed by atoms with Crippen LogP contribution < -0.4 is 10.1 Å². The number of nitrogens with zero attached hydrogens (tertiary/aromatic N) is 1. The van der Waals surface area contributed by atoms with Gasteiger partial charge < -0.3 is 4.74 Å². The SMILES string of the molecule is CN1C(=O)/C(=C/c2ccc(OCc3ccc(Br)cc3)c(Br)c2)C(=O)NC1=S. The number of nitrogens with one attached hydrogen (secondary N) is 1. The van der Waals surface area contributed by atoms with Crippen LogP contribution in [-0.4, -0.2) is 28.9 Å². The summed E-state index contributed by atoms with van der Waals surface area (Å²) in [6.07, 6.45) is 1.53. The van der Waals surface area contributed by atoms with Crippen LogP contribution in [-0.2, 0) is 16.2 Å². The van der Waals surface area contributed by atoms with E-state index in [0.29, 0.717) is 17.9 Å². The van der Waals surface area contributed by atoms with E-state index >= 15 is 0 Å². The Labute approximate surface area is 178 Å². The number of likely N-dealkylation sites (N-methyl/N-ethyl adjacent to an activating group) is 1. The van der Waals surface area contributed by atoms with E-state index < -0.39 is 11.8 Å². The fourth-order valence-corrected chi connectivity index (χ4v) is 3.33. The third-order valence-corrected chi connectivity index (χ3v) is 5.40. The normalized spacial score (nSPS) is 15.9. The van der Waals surface area contributed by atoms with Crippen LogP contribution in [0.5, 0.6) is 5.75 Å². The van der Waals surface area contributed by atoms with Gasteiger partial charge in [0.1, 0.15) is 17.9 Å². The number of hydrogen-bond acceptors (Lipinski definition) is 4. The Morgan fingerprint density at radius 3 is 2.52 bits per heavy atom. The van der Waals surface area contributed by atoms with E-state index in [1.165, 1.54) is 18.0 Å². The van der Waals surface area contributed by atoms with Crippen molar-refractivity contribution in [2.75, 3.05) is 7.05 Å². The van der Waals surface area contributed by atoms with Crippen LogP contribution in [0.1, 0.15) is 11.1 Å². The molecule has 0 saturated carbocycles. The molecular weight excluding hydrogens is 496 g/mol. The molecule has 0 spiro atoms. The molecule has 0 aromatic heterocycles. The summed E-state index contributed by atoms with van der Waals surface area (Å²) in [5.74, 6) is -0.275. The summed E-state index contributed by atoms with van der Waals surface area (Å²) in [7, 11) is 1.52. The molecule has 2 aromatic rings. The van der Waals surface area contributed by atoms with Crippen molar-refractivity contribution in [2.45, 2.75) is 6.61 Å². The maximum atomic E-state index is 12.3. The van der Waals surface area contributed by atoms with Crippen molar-refractivity contribution in [1.29, 1.82) is 0 Å². The van der Waals surface area contributed by atoms with Crippen molar-refractivity contribution in [3.05, 3.63) is 68.1 Å². The molecule has 27 heavy (non-hydrogen) atoms. The van der Waals surface area contributed by atoms with Gasteiger partial charge in [-0.1, -0.05) is 34.1 Å². The first-order valence-electron chi connectivity index (χ1n) is 7.87. The molecule has 0 bridgehead atoms. The zero-order valence-electron chi connectivity index (χ0n) is 14.2. The lowest BCUT2D eigenvalue weighted by Crippen LogP contribution is -2.52. The first-order valence-corrected chi connectivity index (χ1v) is 9.86. The molecule has 1 aliphatic rings. The second-order valence-electron chi connectivity index (χ2n) is 5.79. The molecule has 0 unspecified atom stereocenters. The number of ether oxygens (including phenoxy) is 1. The van der Waals surface area contributed by atoms with Crippen LogP contribution in [0.2, 0.25) is 0 Å². The monoisotopic (exact) mass is 508 g/mol. The molecule has 1 saturated heterocycles. The standard InChI is InChI=1S/C19H14Br2N2O3S/c1-23-18(25)14(17(24)22-19(23)27)8-12-4-7-16(15(21)9-12)26-10-11-2-5-13(20)6-3-11/h2-9H,10H2,1H3,(H,22,24,27)/b14-8+. The zero-order valence-corrected chi connectivity index (χ0v) is 18.2. The summed E-state index contributed by atoms with van der Waals surface area (Å²) < 4.78 is 7.56. The Hall–Kier alpha value is -2.03. The molecule has 2 aromatic carbocycles. The number of halogens is 2. The van der Waals surface area contributed by atoms with E-state index in [-0.39, 0.29) is 10.7 Å². The highest BCUT2D eigenvalue weighted by Crippen LogP contribution is 2.28. The molecule has 138 valence electrons. The van der Waals surface area contributed by atoms with Crippen LogP contribution in [0.4, 0.5) is 0 Å². The minimum atomic E-state index is -0.505. The number of carbonyl (C=O) groups excluding carboxylic acids is 2. The minimum absolute atomic E-state index is 0.0292. The van der Waals surface area contributed by atoms with E-state index in [0.717, 1.165) is 14.5 Å². The molecule has 1 heterocycles. The summed E-state index contributed by atoms with van der Waals surface area (Å²) in [4.78, 5) is 25.5. The highest BCUT2D eigenvalue weighted by atomic mass is 79.9. The molecule has 1 N–H and O–H groups in total. The molecule has 3 rings (SSSR count). The van der Waals surface area contributed by atoms with Crippen molar-refractivity contribution in [3.63, 3.8) is 0 Å². The molecule has 2 amide bonds. The lowest BCUT2D eigenvalue weighted by Gasteiger charge is -2.25. The van der Waals surface area contributed by atoms with Crippen molar-refractivity contribution in [3.8, 4) is 5.75 Å². The molecule has 1 aliphatic heterocycles. The number of hydrogen-bond donors (Lipinski definition) is 1. The highest BCUT2D eigenvalue weighted by Gasteiger charge is 2.30. The Morgan fingerprint density at radius 2 is 1.85 bits per heavy atom. The topological polar surface area (TPSA) is 58.6 Å². The van der Waals surface area contributed by atoms with Crippen LogP contribution >= 0.6 is 44.1 Å². The number of amides is 2. The quantitative estimate of drug-likeness (QED) is 0.384. The third kappa shape index (κ3) is 4.63. The summed E-state index contributed by atoms with van der Waals surface area (Å²) in [5, 5.41) is 2.58. The Balaban J connectivity index is 1.76. The maximum Gasteiger partial charge on any atom is 0.265 e. The van der Waals surface area contributed by atoms with Crippen molar-refractivity contribution < 1.29 is 14.3 Å². The van der Waals surface area contributed by atoms with E-state index in [1.54, 1.807) is 18.2 Å². The smallest absolute Gasteiger partial charge is 0.265 e. The van der Waals surface area contributed by atoms with Gasteiger partial charge in [0.2, 0.25) is 0 Å². The number of rotatable bonds is 4. The molecule has 0 atom stereocenters. The fraction of sp³-hybridized carbons (Fsp3) is 0.105. The predicted molar refractivity (Wildman–Crippen MR) is 114 cm³/mol. The summed E-state index contributed by atoms with van der Waals surface area (Å²) in [6.45, 7) is 0.426. The summed E-state index contributed by atoms with van der Waals surface area (Å²) in [6, 6.07) is 13.2. The zero-order chi connectivity index (χ0) is 19.6. The largest absolute Gasteiger partial charge is 0.488 e. The molecule has 1 fully saturated rings. The summed E-state index contributed by atoms with van der Waals surface area (Å²) in [5.41, 5.74) is 1.76. The third-order valence-electron chi connectivity index (χ3n) is 3.88. The molecular formula is C19H14Br2N2O3S. The van der Waals surface area contributed by atoms with Crippen LogP contribution in [0, 0.1) is 0 Å². The average molecular weight is 510 g/mol. The Kier molecular flexibility index (Phi) is 6.08. The van der Waals surface area contributed by atoms with Gasteiger partial charge in [0, 0.05) is 11.5 Å². The maximum absolute atomic E-state index is 12.3. The molecule has 5 nitrogen and oxygen atoms in total. The molecule has 0 aliphatic carbocycles. The van der Waals surface area contributed by atoms with Gasteiger partial charge in [-0.05, 0) is 69.6 Å². The van der Waals surface area contributed by atoms with E-state index in [4.69, 9.17) is 17.0 Å². The van der Waals surface area contributed by atoms with Gasteiger partial charge in [-0.25, -0.2) is 0 Å². The van der Waals surface area contributed by atoms with Crippen molar-refractivity contribution >= 4 is 67.1 Å². The lowest BCUT2D eigenvalue weighted by atomic mass is 10.1. The Bertz CT molecular complexity index is 958. The van der Waals surface area contributed by atoms with Crippen LogP contribution in [0.15, 0.2) is 57.0 Å². The Morgan fingerprint density at radius 1 is 1.15 bits per heavy atom. The second kappa shape index (κ2) is 8.33. The first kappa shape index (κ1) is 19.7. The summed E-state index contributed by atoms with van der Waals surface area (Å²) >= 11 is 11.8. The van der Waals surface area contributed by atoms with Gasteiger partial charge in [0.15, 0.2) is 5.11 Å². The number of thiocarbonyl (C=S) groups is 1. The van der Waals surface area contributed by atoms with Crippen molar-refractivity contribution in [2.24, 2.45) is 0 Å². The highest BCUT2D eigenvalue weighted by molar-refractivity contribution is 9.10. The number of benzene rings is 2. The van der Waals surface area contributed by atoms with Gasteiger partial charge in [0.05, 0.1) is 4.47 Å². The van der Waals surface area contributed by atoms with Gasteiger partial charge in [0.25, 0.3) is 11.8 Å². The van der Waals surface area contributed by atoms with Crippen LogP contribution in [0.25, 0.3) is 6.08 Å². The van der Waals surface area contributed by atoms with E-state index in [9.17, 15) is 9.59 Å². The van der Waals surface area contributed by atoms with Gasteiger partial charge in [-0.15, -0.1) is 0 Å². The second-order valence-corrected chi connectivity index (χ2v) is 7.94. The number of carbonyl (C=O) groups is 2. The van der Waals surface area contributed by atoms with Gasteiger partial charge in [-0.2, -0.15) is 0 Å². The minimum Gasteiger partial charge on any atom is -0.488 e. The van der Waals surface area contributed by atoms with E-state index in [1.807, 2.05) is 24.3 Å². The molecule has 0 radical (unpaired) electrons. The van der Waals surface area contributed by atoms with E-state index in [2.05, 4.69) is 37.2 Å². The fourth-order valence-electron chi connectivity index (χ4n) is 2.38. The first-order chi connectivity index (χ1) is 12.8.